The highest BCUT2D eigenvalue weighted by Gasteiger charge is 2.30. The van der Waals surface area contributed by atoms with Crippen LogP contribution >= 0.6 is 0 Å². The van der Waals surface area contributed by atoms with Gasteiger partial charge in [0, 0.05) is 30.9 Å². The Labute approximate surface area is 213 Å². The number of hydrogen-bond donors (Lipinski definition) is 3. The fraction of sp³-hybridized carbons (Fsp3) is 0.286. The number of anilines is 1. The van der Waals surface area contributed by atoms with Gasteiger partial charge in [-0.3, -0.25) is 9.59 Å². The normalized spacial score (nSPS) is 12.1. The molecule has 0 saturated carbocycles. The summed E-state index contributed by atoms with van der Waals surface area (Å²) in [4.78, 5) is 24.9. The van der Waals surface area contributed by atoms with Crippen LogP contribution in [0.2, 0.25) is 0 Å². The number of aliphatic hydroxyl groups is 1. The van der Waals surface area contributed by atoms with Crippen LogP contribution in [0.3, 0.4) is 0 Å². The van der Waals surface area contributed by atoms with Crippen LogP contribution < -0.4 is 10.2 Å². The van der Waals surface area contributed by atoms with Crippen LogP contribution in [0.25, 0.3) is 0 Å². The van der Waals surface area contributed by atoms with E-state index in [0.717, 1.165) is 28.9 Å². The van der Waals surface area contributed by atoms with E-state index in [1.807, 2.05) is 29.2 Å². The summed E-state index contributed by atoms with van der Waals surface area (Å²) >= 11 is 0. The van der Waals surface area contributed by atoms with E-state index < -0.39 is 29.7 Å². The summed E-state index contributed by atoms with van der Waals surface area (Å²) in [6.45, 7) is 2.52. The molecule has 1 amide bonds. The molecule has 9 heteroatoms. The number of carboxylic acid groups (broad SMARTS) is 1. The second kappa shape index (κ2) is 12.4. The third kappa shape index (κ3) is 8.64. The van der Waals surface area contributed by atoms with Crippen molar-refractivity contribution >= 4 is 17.6 Å². The number of nitrogens with zero attached hydrogens (tertiary/aromatic N) is 1. The molecule has 0 spiro atoms. The third-order valence-electron chi connectivity index (χ3n) is 5.70. The minimum atomic E-state index is -4.41. The Hall–Kier alpha value is -3.85. The van der Waals surface area contributed by atoms with Crippen molar-refractivity contribution < 1.29 is 33.0 Å². The van der Waals surface area contributed by atoms with Crippen LogP contribution in [0.5, 0.6) is 0 Å². The molecular formula is C28H29F3N2O4. The zero-order valence-corrected chi connectivity index (χ0v) is 20.3. The number of carboxylic acids is 1. The van der Waals surface area contributed by atoms with Crippen molar-refractivity contribution in [2.45, 2.75) is 45.1 Å². The van der Waals surface area contributed by atoms with E-state index in [9.17, 15) is 27.9 Å². The Bertz CT molecular complexity index is 1180. The van der Waals surface area contributed by atoms with E-state index in [4.69, 9.17) is 5.11 Å². The number of aliphatic carboxylic acids is 1. The van der Waals surface area contributed by atoms with Gasteiger partial charge in [0.1, 0.15) is 0 Å². The van der Waals surface area contributed by atoms with Gasteiger partial charge >= 0.3 is 12.1 Å². The van der Waals surface area contributed by atoms with E-state index in [2.05, 4.69) is 5.32 Å². The molecule has 0 saturated heterocycles. The van der Waals surface area contributed by atoms with Gasteiger partial charge in [-0.05, 0) is 66.4 Å². The molecule has 0 radical (unpaired) electrons. The van der Waals surface area contributed by atoms with Crippen molar-refractivity contribution in [3.8, 4) is 0 Å². The SMILES string of the molecule is CC(O)Cc1ccc(CN(Cc2ccc(C(F)(F)F)cc2)c2ccc(C(=O)NCCC(=O)O)cc2)cc1. The molecule has 3 aromatic rings. The van der Waals surface area contributed by atoms with Gasteiger partial charge < -0.3 is 20.4 Å². The Morgan fingerprint density at radius 2 is 1.38 bits per heavy atom. The average molecular weight is 515 g/mol. The summed E-state index contributed by atoms with van der Waals surface area (Å²) in [5.74, 6) is -1.40. The van der Waals surface area contributed by atoms with E-state index in [1.165, 1.54) is 12.1 Å². The minimum absolute atomic E-state index is 0.0149. The molecule has 1 atom stereocenters. The lowest BCUT2D eigenvalue weighted by atomic mass is 10.1. The number of alkyl halides is 3. The van der Waals surface area contributed by atoms with Crippen LogP contribution in [0.15, 0.2) is 72.8 Å². The number of benzene rings is 3. The van der Waals surface area contributed by atoms with Crippen molar-refractivity contribution in [2.75, 3.05) is 11.4 Å². The molecule has 0 aromatic heterocycles. The lowest BCUT2D eigenvalue weighted by Crippen LogP contribution is -2.26. The highest BCUT2D eigenvalue weighted by molar-refractivity contribution is 5.94. The van der Waals surface area contributed by atoms with Gasteiger partial charge in [-0.2, -0.15) is 13.2 Å². The van der Waals surface area contributed by atoms with Crippen LogP contribution in [-0.4, -0.2) is 34.7 Å². The number of aliphatic hydroxyl groups excluding tert-OH is 1. The molecule has 0 aliphatic carbocycles. The first-order valence-electron chi connectivity index (χ1n) is 11.8. The monoisotopic (exact) mass is 514 g/mol. The fourth-order valence-corrected chi connectivity index (χ4v) is 3.81. The van der Waals surface area contributed by atoms with Crippen molar-refractivity contribution in [1.29, 1.82) is 0 Å². The lowest BCUT2D eigenvalue weighted by Gasteiger charge is -2.26. The maximum absolute atomic E-state index is 13.0. The highest BCUT2D eigenvalue weighted by atomic mass is 19.4. The van der Waals surface area contributed by atoms with Crippen LogP contribution in [0.1, 0.15) is 46.0 Å². The van der Waals surface area contributed by atoms with Gasteiger partial charge in [-0.15, -0.1) is 0 Å². The van der Waals surface area contributed by atoms with E-state index in [0.29, 0.717) is 30.6 Å². The van der Waals surface area contributed by atoms with Gasteiger partial charge in [0.15, 0.2) is 0 Å². The van der Waals surface area contributed by atoms with Crippen molar-refractivity contribution in [3.63, 3.8) is 0 Å². The van der Waals surface area contributed by atoms with E-state index in [1.54, 1.807) is 31.2 Å². The standard InChI is InChI=1S/C28H29F3N2O4/c1-19(34)16-20-2-4-21(5-3-20)17-33(18-22-6-10-24(11-7-22)28(29,30)31)25-12-8-23(9-13-25)27(37)32-15-14-26(35)36/h2-13,19,34H,14-18H2,1H3,(H,32,37)(H,35,36). The Kier molecular flexibility index (Phi) is 9.30. The van der Waals surface area contributed by atoms with Crippen LogP contribution in [0.4, 0.5) is 18.9 Å². The number of hydrogen-bond acceptors (Lipinski definition) is 4. The first kappa shape index (κ1) is 27.7. The molecule has 0 bridgehead atoms. The zero-order chi connectivity index (χ0) is 27.0. The van der Waals surface area contributed by atoms with E-state index >= 15 is 0 Å². The number of carbonyl (C=O) groups is 2. The molecule has 196 valence electrons. The number of rotatable bonds is 11. The van der Waals surface area contributed by atoms with Crippen molar-refractivity contribution in [3.05, 3.63) is 101 Å². The summed E-state index contributed by atoms with van der Waals surface area (Å²) in [6, 6.07) is 19.5. The molecule has 0 aliphatic heterocycles. The molecule has 3 N–H and O–H groups in total. The second-order valence-electron chi connectivity index (χ2n) is 8.87. The first-order chi connectivity index (χ1) is 17.5. The molecule has 3 rings (SSSR count). The molecule has 0 aliphatic rings. The number of carbonyl (C=O) groups excluding carboxylic acids is 1. The summed E-state index contributed by atoms with van der Waals surface area (Å²) in [5.41, 5.74) is 3.06. The molecule has 1 unspecified atom stereocenters. The topological polar surface area (TPSA) is 89.9 Å². The Morgan fingerprint density at radius 3 is 1.86 bits per heavy atom. The predicted molar refractivity (Wildman–Crippen MR) is 134 cm³/mol. The van der Waals surface area contributed by atoms with Gasteiger partial charge in [0.25, 0.3) is 5.91 Å². The molecular weight excluding hydrogens is 485 g/mol. The summed E-state index contributed by atoms with van der Waals surface area (Å²) in [7, 11) is 0. The van der Waals surface area contributed by atoms with E-state index in [-0.39, 0.29) is 13.0 Å². The summed E-state index contributed by atoms with van der Waals surface area (Å²) < 4.78 is 38.9. The van der Waals surface area contributed by atoms with Gasteiger partial charge in [0.2, 0.25) is 0 Å². The summed E-state index contributed by atoms with van der Waals surface area (Å²) in [6.07, 6.45) is -4.51. The Balaban J connectivity index is 1.80. The minimum Gasteiger partial charge on any atom is -0.481 e. The molecule has 0 fully saturated rings. The first-order valence-corrected chi connectivity index (χ1v) is 11.8. The number of halogens is 3. The third-order valence-corrected chi connectivity index (χ3v) is 5.70. The fourth-order valence-electron chi connectivity index (χ4n) is 3.81. The van der Waals surface area contributed by atoms with Gasteiger partial charge in [0.05, 0.1) is 18.1 Å². The summed E-state index contributed by atoms with van der Waals surface area (Å²) in [5, 5.41) is 20.9. The largest absolute Gasteiger partial charge is 0.481 e. The maximum atomic E-state index is 13.0. The van der Waals surface area contributed by atoms with Gasteiger partial charge in [-0.25, -0.2) is 0 Å². The van der Waals surface area contributed by atoms with Crippen LogP contribution in [0, 0.1) is 0 Å². The smallest absolute Gasteiger partial charge is 0.416 e. The quantitative estimate of drug-likeness (QED) is 0.334. The predicted octanol–water partition coefficient (Wildman–Crippen LogP) is 5.04. The zero-order valence-electron chi connectivity index (χ0n) is 20.3. The van der Waals surface area contributed by atoms with Crippen LogP contribution in [-0.2, 0) is 30.5 Å². The molecule has 3 aromatic carbocycles. The average Bonchev–Trinajstić information content (AvgIpc) is 2.84. The lowest BCUT2D eigenvalue weighted by molar-refractivity contribution is -0.138. The second-order valence-corrected chi connectivity index (χ2v) is 8.87. The van der Waals surface area contributed by atoms with Crippen molar-refractivity contribution in [1.82, 2.24) is 5.32 Å². The Morgan fingerprint density at radius 1 is 0.865 bits per heavy atom. The van der Waals surface area contributed by atoms with Crippen molar-refractivity contribution in [2.24, 2.45) is 0 Å². The van der Waals surface area contributed by atoms with Gasteiger partial charge in [-0.1, -0.05) is 36.4 Å². The highest BCUT2D eigenvalue weighted by Crippen LogP contribution is 2.30. The number of nitrogens with one attached hydrogen (secondary N) is 1. The molecule has 0 heterocycles. The molecule has 6 nitrogen and oxygen atoms in total. The maximum Gasteiger partial charge on any atom is 0.416 e. The number of amides is 1. The molecule has 37 heavy (non-hydrogen) atoms.